The van der Waals surface area contributed by atoms with Gasteiger partial charge in [0.1, 0.15) is 12.3 Å². The van der Waals surface area contributed by atoms with Crippen LogP contribution in [0.5, 0.6) is 0 Å². The molecule has 0 unspecified atom stereocenters. The highest BCUT2D eigenvalue weighted by Crippen LogP contribution is 2.62. The van der Waals surface area contributed by atoms with Crippen molar-refractivity contribution in [1.82, 2.24) is 19.5 Å². The number of aryl methyl sites for hydroxylation is 1. The topological polar surface area (TPSA) is 103 Å². The molecule has 2 aliphatic rings. The average Bonchev–Trinajstić information content (AvgIpc) is 3.51. The van der Waals surface area contributed by atoms with E-state index in [-0.39, 0.29) is 29.2 Å². The van der Waals surface area contributed by atoms with Gasteiger partial charge in [0, 0.05) is 10.7 Å². The summed E-state index contributed by atoms with van der Waals surface area (Å²) in [5, 5.41) is 0. The quantitative estimate of drug-likeness (QED) is 0.223. The molecule has 0 bridgehead atoms. The Bertz CT molecular complexity index is 1480. The Hall–Kier alpha value is -2.65. The lowest BCUT2D eigenvalue weighted by molar-refractivity contribution is -0.647. The van der Waals surface area contributed by atoms with Crippen molar-refractivity contribution in [1.29, 1.82) is 0 Å². The molecule has 2 aliphatic carbocycles. The van der Waals surface area contributed by atoms with Crippen molar-refractivity contribution < 1.29 is 26.5 Å². The standard InChI is InChI=1S/C31H41BrN6O2.ClH/c1-20(11-14-38-19-37(5)28-26(38)27(33)35-18-36-28)9-12-30(3)21(2)10-13-31(4)22(7-6-8-25(30)31)17-40-29(39)24-15-23(32)16-34-24;/h7,11,15-16,18-19,21,25H,6,8-10,12-14,17H2,1-5H3,(H2-,33,34,35,36,39);1H/b20-11+;/t21-,25-,30+,31-;/m0./s1. The van der Waals surface area contributed by atoms with Crippen LogP contribution in [0.25, 0.3) is 11.2 Å². The van der Waals surface area contributed by atoms with Gasteiger partial charge in [0.25, 0.3) is 0 Å². The Morgan fingerprint density at radius 2 is 2.12 bits per heavy atom. The summed E-state index contributed by atoms with van der Waals surface area (Å²) in [5.41, 5.74) is 11.3. The number of carbonyl (C=O) groups is 1. The first kappa shape index (κ1) is 31.3. The minimum absolute atomic E-state index is 0. The summed E-state index contributed by atoms with van der Waals surface area (Å²) >= 11 is 3.39. The van der Waals surface area contributed by atoms with Crippen LogP contribution in [-0.4, -0.2) is 32.1 Å². The number of anilines is 1. The number of H-pyrrole nitrogens is 1. The van der Waals surface area contributed by atoms with Crippen molar-refractivity contribution in [2.24, 2.45) is 29.7 Å². The van der Waals surface area contributed by atoms with E-state index in [0.29, 0.717) is 30.0 Å². The molecule has 10 heteroatoms. The van der Waals surface area contributed by atoms with E-state index in [1.165, 1.54) is 30.3 Å². The molecule has 5 rings (SSSR count). The van der Waals surface area contributed by atoms with Gasteiger partial charge < -0.3 is 27.9 Å². The Labute approximate surface area is 257 Å². The molecule has 3 N–H and O–H groups in total. The van der Waals surface area contributed by atoms with E-state index in [1.54, 1.807) is 12.3 Å². The molecule has 3 aromatic heterocycles. The Kier molecular flexibility index (Phi) is 9.38. The number of nitrogens with two attached hydrogens (primary N) is 1. The van der Waals surface area contributed by atoms with Crippen LogP contribution in [-0.2, 0) is 18.3 Å². The second-order valence-electron chi connectivity index (χ2n) is 12.4. The van der Waals surface area contributed by atoms with Crippen LogP contribution in [0, 0.1) is 22.7 Å². The Morgan fingerprint density at radius 1 is 1.34 bits per heavy atom. The van der Waals surface area contributed by atoms with E-state index >= 15 is 0 Å². The Morgan fingerprint density at radius 3 is 2.85 bits per heavy atom. The molecular weight excluding hydrogens is 604 g/mol. The minimum atomic E-state index is -0.303. The molecule has 8 nitrogen and oxygen atoms in total. The van der Waals surface area contributed by atoms with Crippen molar-refractivity contribution in [2.45, 2.75) is 72.8 Å². The third kappa shape index (κ3) is 5.98. The number of ether oxygens (including phenoxy) is 1. The lowest BCUT2D eigenvalue weighted by Gasteiger charge is -2.58. The van der Waals surface area contributed by atoms with Gasteiger partial charge in [-0.05, 0) is 95.7 Å². The maximum absolute atomic E-state index is 12.7. The molecule has 222 valence electrons. The summed E-state index contributed by atoms with van der Waals surface area (Å²) in [7, 11) is 1.98. The lowest BCUT2D eigenvalue weighted by atomic mass is 9.47. The molecule has 1 saturated carbocycles. The summed E-state index contributed by atoms with van der Waals surface area (Å²) < 4.78 is 10.8. The van der Waals surface area contributed by atoms with Crippen molar-refractivity contribution in [3.05, 3.63) is 58.4 Å². The summed E-state index contributed by atoms with van der Waals surface area (Å²) in [4.78, 5) is 24.2. The van der Waals surface area contributed by atoms with Gasteiger partial charge in [-0.15, -0.1) is 0 Å². The zero-order valence-corrected chi connectivity index (χ0v) is 27.1. The third-order valence-corrected chi connectivity index (χ3v) is 10.5. The second-order valence-corrected chi connectivity index (χ2v) is 13.3. The maximum atomic E-state index is 12.7. The second kappa shape index (κ2) is 12.3. The van der Waals surface area contributed by atoms with Crippen LogP contribution in [0.15, 0.2) is 52.7 Å². The summed E-state index contributed by atoms with van der Waals surface area (Å²) in [6.45, 7) is 10.7. The zero-order chi connectivity index (χ0) is 28.7. The van der Waals surface area contributed by atoms with E-state index < -0.39 is 0 Å². The fraction of sp³-hybridized carbons (Fsp3) is 0.548. The number of nitrogen functional groups attached to an aromatic ring is 1. The van der Waals surface area contributed by atoms with Gasteiger partial charge in [0.05, 0.1) is 13.6 Å². The number of rotatable bonds is 8. The molecule has 41 heavy (non-hydrogen) atoms. The molecular formula is C31H42BrClN6O2. The van der Waals surface area contributed by atoms with E-state index in [9.17, 15) is 4.79 Å². The van der Waals surface area contributed by atoms with Gasteiger partial charge in [0.2, 0.25) is 5.52 Å². The van der Waals surface area contributed by atoms with Crippen LogP contribution >= 0.6 is 15.9 Å². The number of allylic oxidation sites excluding steroid dienone is 3. The number of nitrogens with zero attached hydrogens (tertiary/aromatic N) is 4. The average molecular weight is 646 g/mol. The molecule has 0 aromatic carbocycles. The predicted octanol–water partition coefficient (Wildman–Crippen LogP) is 3.30. The van der Waals surface area contributed by atoms with E-state index in [2.05, 4.69) is 75.3 Å². The molecule has 0 spiro atoms. The zero-order valence-electron chi connectivity index (χ0n) is 24.7. The number of halogens is 2. The molecule has 1 fully saturated rings. The Balaban J connectivity index is 0.00000387. The van der Waals surface area contributed by atoms with Crippen LogP contribution in [0.4, 0.5) is 5.82 Å². The number of fused-ring (bicyclic) bond motifs is 2. The fourth-order valence-electron chi connectivity index (χ4n) is 7.33. The fourth-order valence-corrected chi connectivity index (χ4v) is 7.68. The highest BCUT2D eigenvalue weighted by atomic mass is 79.9. The number of imidazole rings is 1. The van der Waals surface area contributed by atoms with Gasteiger partial charge in [0.15, 0.2) is 18.5 Å². The van der Waals surface area contributed by atoms with E-state index in [1.807, 2.05) is 17.9 Å². The smallest absolute Gasteiger partial charge is 0.355 e. The molecule has 0 aliphatic heterocycles. The van der Waals surface area contributed by atoms with Gasteiger partial charge in [-0.3, -0.25) is 4.57 Å². The van der Waals surface area contributed by atoms with E-state index in [0.717, 1.165) is 47.9 Å². The molecule has 0 amide bonds. The first-order chi connectivity index (χ1) is 19.0. The van der Waals surface area contributed by atoms with E-state index in [4.69, 9.17) is 10.5 Å². The highest BCUT2D eigenvalue weighted by molar-refractivity contribution is 9.10. The number of aromatic amines is 1. The molecule has 0 radical (unpaired) electrons. The number of esters is 1. The monoisotopic (exact) mass is 644 g/mol. The summed E-state index contributed by atoms with van der Waals surface area (Å²) in [6, 6.07) is 1.76. The number of hydrogen-bond donors (Lipinski definition) is 2. The van der Waals surface area contributed by atoms with Gasteiger partial charge in [-0.2, -0.15) is 4.98 Å². The minimum Gasteiger partial charge on any atom is -1.00 e. The summed E-state index contributed by atoms with van der Waals surface area (Å²) in [5.74, 6) is 1.40. The van der Waals surface area contributed by atoms with Crippen molar-refractivity contribution >= 4 is 38.9 Å². The number of carbonyl (C=O) groups excluding carboxylic acids is 1. The molecule has 0 saturated heterocycles. The van der Waals surface area contributed by atoms with Crippen molar-refractivity contribution in [3.63, 3.8) is 0 Å². The van der Waals surface area contributed by atoms with Crippen LogP contribution < -0.4 is 22.7 Å². The molecule has 4 atom stereocenters. The molecule has 3 heterocycles. The van der Waals surface area contributed by atoms with Crippen molar-refractivity contribution in [2.75, 3.05) is 12.3 Å². The first-order valence-electron chi connectivity index (χ1n) is 14.3. The largest absolute Gasteiger partial charge is 1.00 e. The predicted molar refractivity (Wildman–Crippen MR) is 160 cm³/mol. The number of nitrogens with one attached hydrogen (secondary N) is 1. The van der Waals surface area contributed by atoms with Gasteiger partial charge >= 0.3 is 11.6 Å². The highest BCUT2D eigenvalue weighted by Gasteiger charge is 2.53. The number of hydrogen-bond acceptors (Lipinski definition) is 5. The normalized spacial score (nSPS) is 26.3. The van der Waals surface area contributed by atoms with Gasteiger partial charge in [-0.1, -0.05) is 43.5 Å². The third-order valence-electron chi connectivity index (χ3n) is 10.1. The van der Waals surface area contributed by atoms with Crippen LogP contribution in [0.3, 0.4) is 0 Å². The lowest BCUT2D eigenvalue weighted by Crippen LogP contribution is -3.00. The molecule has 3 aromatic rings. The summed E-state index contributed by atoms with van der Waals surface area (Å²) in [6.07, 6.45) is 16.7. The number of aromatic nitrogens is 5. The van der Waals surface area contributed by atoms with Gasteiger partial charge in [-0.25, -0.2) is 9.36 Å². The van der Waals surface area contributed by atoms with Crippen molar-refractivity contribution in [3.8, 4) is 0 Å². The maximum Gasteiger partial charge on any atom is 0.355 e. The first-order valence-corrected chi connectivity index (χ1v) is 15.1. The SMILES string of the molecule is C/C(=C\Cn1c[n+](C)c2ncnc(N)c21)CC[C@]1(C)[C@@H](C)CC[C@@]2(C)C(COC(=O)c3cc(Br)c[nH]3)=CCC[C@@H]12.[Cl-]. The van der Waals surface area contributed by atoms with Crippen LogP contribution in [0.1, 0.15) is 76.7 Å². The van der Waals surface area contributed by atoms with Crippen LogP contribution in [0.2, 0.25) is 0 Å².